The van der Waals surface area contributed by atoms with Crippen LogP contribution in [0.3, 0.4) is 0 Å². The van der Waals surface area contributed by atoms with Gasteiger partial charge in [0.15, 0.2) is 0 Å². The first-order valence-corrected chi connectivity index (χ1v) is 8.41. The van der Waals surface area contributed by atoms with Crippen LogP contribution in [0.4, 0.5) is 0 Å². The number of hydrogen-bond donors (Lipinski definition) is 1. The average Bonchev–Trinajstić information content (AvgIpc) is 3.31. The Kier molecular flexibility index (Phi) is 4.08. The third-order valence-corrected chi connectivity index (χ3v) is 4.51. The first-order chi connectivity index (χ1) is 12.6. The van der Waals surface area contributed by atoms with Gasteiger partial charge in [0.05, 0.1) is 5.69 Å². The van der Waals surface area contributed by atoms with Crippen molar-refractivity contribution in [2.24, 2.45) is 7.05 Å². The zero-order chi connectivity index (χ0) is 18.1. The fourth-order valence-electron chi connectivity index (χ4n) is 3.19. The molecule has 1 aliphatic heterocycles. The topological polar surface area (TPSA) is 96.8 Å². The number of aromatic amines is 1. The van der Waals surface area contributed by atoms with Crippen LogP contribution < -0.4 is 5.56 Å². The molecule has 0 unspecified atom stereocenters. The number of carbonyl (C=O) groups excluding carboxylic acids is 1. The third kappa shape index (κ3) is 3.13. The first-order valence-electron chi connectivity index (χ1n) is 8.41. The van der Waals surface area contributed by atoms with Crippen LogP contribution in [0.15, 0.2) is 47.7 Å². The van der Waals surface area contributed by atoms with Crippen LogP contribution in [-0.2, 0) is 7.05 Å². The van der Waals surface area contributed by atoms with Gasteiger partial charge < -0.3 is 9.88 Å². The molecule has 3 aromatic heterocycles. The smallest absolute Gasteiger partial charge is 0.274 e. The third-order valence-electron chi connectivity index (χ3n) is 4.51. The van der Waals surface area contributed by atoms with E-state index in [0.29, 0.717) is 30.3 Å². The van der Waals surface area contributed by atoms with E-state index in [-0.39, 0.29) is 17.4 Å². The lowest BCUT2D eigenvalue weighted by atomic mass is 10.1. The molecule has 1 atom stereocenters. The Balaban J connectivity index is 1.56. The monoisotopic (exact) mass is 350 g/mol. The summed E-state index contributed by atoms with van der Waals surface area (Å²) in [5.41, 5.74) is 1.60. The molecule has 132 valence electrons. The van der Waals surface area contributed by atoms with Gasteiger partial charge in [0.2, 0.25) is 0 Å². The SMILES string of the molecule is Cn1ccc(C(=O)N2CC[C@@H](c3nc(-c4cccnc4)cc(=O)[nH]3)C2)n1. The number of nitrogens with zero attached hydrogens (tertiary/aromatic N) is 5. The summed E-state index contributed by atoms with van der Waals surface area (Å²) in [5, 5.41) is 4.17. The molecule has 0 aromatic carbocycles. The maximum Gasteiger partial charge on any atom is 0.274 e. The molecule has 0 radical (unpaired) electrons. The molecule has 1 fully saturated rings. The van der Waals surface area contributed by atoms with Crippen molar-refractivity contribution < 1.29 is 4.79 Å². The fraction of sp³-hybridized carbons (Fsp3) is 0.278. The van der Waals surface area contributed by atoms with Crippen LogP contribution >= 0.6 is 0 Å². The molecule has 8 nitrogen and oxygen atoms in total. The van der Waals surface area contributed by atoms with E-state index >= 15 is 0 Å². The maximum absolute atomic E-state index is 12.5. The summed E-state index contributed by atoms with van der Waals surface area (Å²) in [7, 11) is 1.78. The van der Waals surface area contributed by atoms with Gasteiger partial charge in [-0.05, 0) is 24.6 Å². The highest BCUT2D eigenvalue weighted by molar-refractivity contribution is 5.92. The summed E-state index contributed by atoms with van der Waals surface area (Å²) < 4.78 is 1.61. The number of nitrogens with one attached hydrogen (secondary N) is 1. The second kappa shape index (κ2) is 6.55. The Morgan fingerprint density at radius 2 is 2.23 bits per heavy atom. The van der Waals surface area contributed by atoms with Crippen molar-refractivity contribution >= 4 is 5.91 Å². The molecule has 0 spiro atoms. The lowest BCUT2D eigenvalue weighted by Crippen LogP contribution is -2.29. The quantitative estimate of drug-likeness (QED) is 0.765. The molecule has 0 saturated carbocycles. The van der Waals surface area contributed by atoms with Crippen molar-refractivity contribution in [3.63, 3.8) is 0 Å². The molecule has 1 aliphatic rings. The summed E-state index contributed by atoms with van der Waals surface area (Å²) in [6, 6.07) is 6.84. The summed E-state index contributed by atoms with van der Waals surface area (Å²) in [5.74, 6) is 0.499. The van der Waals surface area contributed by atoms with E-state index in [4.69, 9.17) is 0 Å². The molecule has 1 saturated heterocycles. The molecular formula is C18H18N6O2. The van der Waals surface area contributed by atoms with Crippen LogP contribution in [0.1, 0.15) is 28.7 Å². The van der Waals surface area contributed by atoms with Gasteiger partial charge >= 0.3 is 0 Å². The van der Waals surface area contributed by atoms with Crippen molar-refractivity contribution in [3.05, 3.63) is 64.7 Å². The van der Waals surface area contributed by atoms with Crippen LogP contribution in [-0.4, -0.2) is 48.6 Å². The number of aryl methyl sites for hydroxylation is 1. The Morgan fingerprint density at radius 1 is 1.35 bits per heavy atom. The van der Waals surface area contributed by atoms with Crippen LogP contribution in [0.25, 0.3) is 11.3 Å². The molecule has 4 heterocycles. The van der Waals surface area contributed by atoms with E-state index in [0.717, 1.165) is 12.0 Å². The molecular weight excluding hydrogens is 332 g/mol. The van der Waals surface area contributed by atoms with Gasteiger partial charge in [-0.2, -0.15) is 5.10 Å². The van der Waals surface area contributed by atoms with Crippen molar-refractivity contribution in [3.8, 4) is 11.3 Å². The molecule has 4 rings (SSSR count). The number of hydrogen-bond acceptors (Lipinski definition) is 5. The number of rotatable bonds is 3. The summed E-state index contributed by atoms with van der Waals surface area (Å²) in [4.78, 5) is 37.9. The number of aromatic nitrogens is 5. The number of likely N-dealkylation sites (tertiary alicyclic amines) is 1. The number of H-pyrrole nitrogens is 1. The highest BCUT2D eigenvalue weighted by atomic mass is 16.2. The zero-order valence-electron chi connectivity index (χ0n) is 14.3. The van der Waals surface area contributed by atoms with E-state index in [9.17, 15) is 9.59 Å². The lowest BCUT2D eigenvalue weighted by Gasteiger charge is -2.15. The standard InChI is InChI=1S/C18H18N6O2/c1-23-7-5-14(22-23)18(26)24-8-4-13(11-24)17-20-15(9-16(25)21-17)12-3-2-6-19-10-12/h2-3,5-7,9-10,13H,4,8,11H2,1H3,(H,20,21,25)/t13-/m1/s1. The van der Waals surface area contributed by atoms with Gasteiger partial charge in [-0.1, -0.05) is 0 Å². The van der Waals surface area contributed by atoms with Crippen LogP contribution in [0, 0.1) is 0 Å². The van der Waals surface area contributed by atoms with Gasteiger partial charge in [-0.15, -0.1) is 0 Å². The Hall–Kier alpha value is -3.29. The number of carbonyl (C=O) groups is 1. The second-order valence-electron chi connectivity index (χ2n) is 6.37. The minimum atomic E-state index is -0.205. The highest BCUT2D eigenvalue weighted by Gasteiger charge is 2.30. The molecule has 1 amide bonds. The number of pyridine rings is 1. The van der Waals surface area contributed by atoms with Crippen molar-refractivity contribution in [1.29, 1.82) is 0 Å². The average molecular weight is 350 g/mol. The minimum absolute atomic E-state index is 0.00742. The van der Waals surface area contributed by atoms with E-state index in [1.54, 1.807) is 47.4 Å². The molecule has 0 bridgehead atoms. The van der Waals surface area contributed by atoms with Gasteiger partial charge in [0.25, 0.3) is 11.5 Å². The largest absolute Gasteiger partial charge is 0.336 e. The van der Waals surface area contributed by atoms with E-state index in [1.807, 2.05) is 6.07 Å². The summed E-state index contributed by atoms with van der Waals surface area (Å²) in [6.07, 6.45) is 5.85. The molecule has 26 heavy (non-hydrogen) atoms. The fourth-order valence-corrected chi connectivity index (χ4v) is 3.19. The van der Waals surface area contributed by atoms with E-state index < -0.39 is 0 Å². The Bertz CT molecular complexity index is 994. The summed E-state index contributed by atoms with van der Waals surface area (Å²) >= 11 is 0. The van der Waals surface area contributed by atoms with Crippen molar-refractivity contribution in [2.75, 3.05) is 13.1 Å². The van der Waals surface area contributed by atoms with Crippen LogP contribution in [0.5, 0.6) is 0 Å². The predicted molar refractivity (Wildman–Crippen MR) is 94.6 cm³/mol. The second-order valence-corrected chi connectivity index (χ2v) is 6.37. The summed E-state index contributed by atoms with van der Waals surface area (Å²) in [6.45, 7) is 1.12. The molecule has 3 aromatic rings. The lowest BCUT2D eigenvalue weighted by molar-refractivity contribution is 0.0784. The number of amides is 1. The predicted octanol–water partition coefficient (Wildman–Crippen LogP) is 1.20. The van der Waals surface area contributed by atoms with E-state index in [1.165, 1.54) is 6.07 Å². The Labute approximate surface area is 149 Å². The highest BCUT2D eigenvalue weighted by Crippen LogP contribution is 2.26. The van der Waals surface area contributed by atoms with Crippen molar-refractivity contribution in [1.82, 2.24) is 29.6 Å². The molecule has 0 aliphatic carbocycles. The van der Waals surface area contributed by atoms with Gasteiger partial charge in [-0.25, -0.2) is 4.98 Å². The first kappa shape index (κ1) is 16.2. The normalized spacial score (nSPS) is 16.8. The van der Waals surface area contributed by atoms with Crippen LogP contribution in [0.2, 0.25) is 0 Å². The minimum Gasteiger partial charge on any atom is -0.336 e. The zero-order valence-corrected chi connectivity index (χ0v) is 14.3. The van der Waals surface area contributed by atoms with Gasteiger partial charge in [0.1, 0.15) is 11.5 Å². The Morgan fingerprint density at radius 3 is 2.96 bits per heavy atom. The van der Waals surface area contributed by atoms with E-state index in [2.05, 4.69) is 20.1 Å². The molecule has 1 N–H and O–H groups in total. The molecule has 8 heteroatoms. The van der Waals surface area contributed by atoms with Crippen molar-refractivity contribution in [2.45, 2.75) is 12.3 Å². The van der Waals surface area contributed by atoms with Gasteiger partial charge in [0, 0.05) is 56.3 Å². The maximum atomic E-state index is 12.5. The van der Waals surface area contributed by atoms with Gasteiger partial charge in [-0.3, -0.25) is 19.3 Å².